The Morgan fingerprint density at radius 1 is 1.37 bits per heavy atom. The molecule has 0 fully saturated rings. The van der Waals surface area contributed by atoms with E-state index < -0.39 is 6.04 Å². The predicted octanol–water partition coefficient (Wildman–Crippen LogP) is 3.37. The van der Waals surface area contributed by atoms with Crippen molar-refractivity contribution < 1.29 is 19.0 Å². The Labute approximate surface area is 156 Å². The van der Waals surface area contributed by atoms with Gasteiger partial charge in [-0.1, -0.05) is 12.1 Å². The molecule has 6 nitrogen and oxygen atoms in total. The van der Waals surface area contributed by atoms with Gasteiger partial charge in [0.15, 0.2) is 0 Å². The number of urea groups is 1. The van der Waals surface area contributed by atoms with Gasteiger partial charge in [0.1, 0.15) is 17.3 Å². The second-order valence-electron chi connectivity index (χ2n) is 6.72. The molecular formula is C20H20FN3O3. The first kappa shape index (κ1) is 17.3. The molecule has 0 bridgehead atoms. The zero-order valence-corrected chi connectivity index (χ0v) is 15.1. The number of hydrogen-bond acceptors (Lipinski definition) is 4. The minimum absolute atomic E-state index is 0.111. The predicted molar refractivity (Wildman–Crippen MR) is 98.3 cm³/mol. The van der Waals surface area contributed by atoms with Crippen LogP contribution in [-0.2, 0) is 0 Å². The zero-order chi connectivity index (χ0) is 19.1. The third kappa shape index (κ3) is 2.89. The number of hydrazone groups is 1. The fourth-order valence-corrected chi connectivity index (χ4v) is 3.56. The highest BCUT2D eigenvalue weighted by Crippen LogP contribution is 2.43. The van der Waals surface area contributed by atoms with E-state index in [0.717, 1.165) is 5.56 Å². The van der Waals surface area contributed by atoms with Crippen molar-refractivity contribution in [1.29, 1.82) is 0 Å². The maximum Gasteiger partial charge on any atom is 0.340 e. The number of phenols is 1. The molecule has 0 spiro atoms. The average molecular weight is 369 g/mol. The molecule has 0 aromatic heterocycles. The van der Waals surface area contributed by atoms with E-state index >= 15 is 0 Å². The van der Waals surface area contributed by atoms with Gasteiger partial charge in [-0.3, -0.25) is 0 Å². The van der Waals surface area contributed by atoms with Crippen LogP contribution < -0.4 is 4.74 Å². The lowest BCUT2D eigenvalue weighted by atomic mass is 9.86. The van der Waals surface area contributed by atoms with E-state index in [9.17, 15) is 14.3 Å². The van der Waals surface area contributed by atoms with Crippen LogP contribution in [0.4, 0.5) is 9.18 Å². The summed E-state index contributed by atoms with van der Waals surface area (Å²) >= 11 is 0. The van der Waals surface area contributed by atoms with E-state index in [4.69, 9.17) is 4.74 Å². The minimum atomic E-state index is -0.440. The van der Waals surface area contributed by atoms with Crippen molar-refractivity contribution in [3.8, 4) is 11.5 Å². The van der Waals surface area contributed by atoms with Crippen LogP contribution >= 0.6 is 0 Å². The molecule has 27 heavy (non-hydrogen) atoms. The molecule has 0 radical (unpaired) electrons. The van der Waals surface area contributed by atoms with Crippen molar-refractivity contribution >= 4 is 11.7 Å². The topological polar surface area (TPSA) is 65.4 Å². The summed E-state index contributed by atoms with van der Waals surface area (Å²) in [4.78, 5) is 14.5. The highest BCUT2D eigenvalue weighted by molar-refractivity contribution is 6.07. The van der Waals surface area contributed by atoms with Gasteiger partial charge in [0, 0.05) is 19.2 Å². The quantitative estimate of drug-likeness (QED) is 0.883. The number of fused-ring (bicyclic) bond motifs is 3. The largest absolute Gasteiger partial charge is 0.508 e. The molecule has 0 saturated carbocycles. The van der Waals surface area contributed by atoms with Gasteiger partial charge in [-0.2, -0.15) is 5.10 Å². The van der Waals surface area contributed by atoms with Gasteiger partial charge in [-0.15, -0.1) is 0 Å². The van der Waals surface area contributed by atoms with Crippen molar-refractivity contribution in [2.24, 2.45) is 11.0 Å². The standard InChI is InChI=1S/C20H20FN3O3/c1-3-23(2)20(26)24-19(12-5-4-6-14(25)9-12)16-11-27-17-8-7-13(21)10-15(17)18(16)22-24/h4-10,16,19,25H,3,11H2,1-2H3/t16-,19+/m0/s1. The lowest BCUT2D eigenvalue weighted by Crippen LogP contribution is -2.41. The second kappa shape index (κ2) is 6.57. The lowest BCUT2D eigenvalue weighted by molar-refractivity contribution is 0.135. The van der Waals surface area contributed by atoms with Crippen LogP contribution in [0.25, 0.3) is 0 Å². The second-order valence-corrected chi connectivity index (χ2v) is 6.72. The first-order valence-electron chi connectivity index (χ1n) is 8.84. The minimum Gasteiger partial charge on any atom is -0.508 e. The van der Waals surface area contributed by atoms with Crippen LogP contribution in [0.15, 0.2) is 47.6 Å². The number of hydrogen-bond donors (Lipinski definition) is 1. The van der Waals surface area contributed by atoms with Gasteiger partial charge in [0.25, 0.3) is 0 Å². The van der Waals surface area contributed by atoms with Crippen molar-refractivity contribution in [2.45, 2.75) is 13.0 Å². The van der Waals surface area contributed by atoms with Crippen LogP contribution in [0.1, 0.15) is 24.1 Å². The number of ether oxygens (including phenoxy) is 1. The summed E-state index contributed by atoms with van der Waals surface area (Å²) in [5.41, 5.74) is 1.94. The average Bonchev–Trinajstić information content (AvgIpc) is 3.06. The van der Waals surface area contributed by atoms with Crippen LogP contribution in [0.3, 0.4) is 0 Å². The first-order valence-corrected chi connectivity index (χ1v) is 8.84. The Morgan fingerprint density at radius 2 is 2.19 bits per heavy atom. The maximum atomic E-state index is 13.8. The maximum absolute atomic E-state index is 13.8. The molecule has 2 aromatic carbocycles. The smallest absolute Gasteiger partial charge is 0.340 e. The molecule has 2 aliphatic rings. The van der Waals surface area contributed by atoms with Gasteiger partial charge < -0.3 is 14.7 Å². The molecule has 0 saturated heterocycles. The summed E-state index contributed by atoms with van der Waals surface area (Å²) in [6.45, 7) is 2.72. The first-order chi connectivity index (χ1) is 13.0. The molecule has 2 heterocycles. The third-order valence-corrected chi connectivity index (χ3v) is 5.06. The van der Waals surface area contributed by atoms with Crippen LogP contribution in [-0.4, -0.2) is 47.0 Å². The normalized spacial score (nSPS) is 20.4. The van der Waals surface area contributed by atoms with E-state index in [0.29, 0.717) is 30.2 Å². The van der Waals surface area contributed by atoms with E-state index in [1.54, 1.807) is 36.2 Å². The van der Waals surface area contributed by atoms with E-state index in [1.165, 1.54) is 17.1 Å². The number of amides is 2. The lowest BCUT2D eigenvalue weighted by Gasteiger charge is -2.31. The fraction of sp³-hybridized carbons (Fsp3) is 0.300. The molecule has 4 rings (SSSR count). The number of carbonyl (C=O) groups excluding carboxylic acids is 1. The van der Waals surface area contributed by atoms with Crippen molar-refractivity contribution in [3.05, 3.63) is 59.4 Å². The van der Waals surface area contributed by atoms with Gasteiger partial charge in [-0.05, 0) is 42.8 Å². The molecular weight excluding hydrogens is 349 g/mol. The highest BCUT2D eigenvalue weighted by atomic mass is 19.1. The molecule has 0 unspecified atom stereocenters. The van der Waals surface area contributed by atoms with E-state index in [-0.39, 0.29) is 23.5 Å². The number of phenolic OH excluding ortho intramolecular Hbond substituents is 1. The Bertz CT molecular complexity index is 930. The van der Waals surface area contributed by atoms with Crippen molar-refractivity contribution in [2.75, 3.05) is 20.2 Å². The Kier molecular flexibility index (Phi) is 4.22. The van der Waals surface area contributed by atoms with Gasteiger partial charge in [0.05, 0.1) is 24.3 Å². The Morgan fingerprint density at radius 3 is 2.93 bits per heavy atom. The Balaban J connectivity index is 1.82. The number of carbonyl (C=O) groups is 1. The number of benzene rings is 2. The number of nitrogens with zero attached hydrogens (tertiary/aromatic N) is 3. The zero-order valence-electron chi connectivity index (χ0n) is 15.1. The van der Waals surface area contributed by atoms with Gasteiger partial charge in [-0.25, -0.2) is 14.2 Å². The molecule has 2 atom stereocenters. The SMILES string of the molecule is CCN(C)C(=O)N1N=C2c3cc(F)ccc3OC[C@@H]2[C@H]1c1cccc(O)c1. The summed E-state index contributed by atoms with van der Waals surface area (Å²) in [5, 5.41) is 15.9. The molecule has 0 aliphatic carbocycles. The van der Waals surface area contributed by atoms with Gasteiger partial charge >= 0.3 is 6.03 Å². The molecule has 2 aliphatic heterocycles. The summed E-state index contributed by atoms with van der Waals surface area (Å²) in [6, 6.07) is 10.4. The summed E-state index contributed by atoms with van der Waals surface area (Å²) in [5.74, 6) is 0.0277. The summed E-state index contributed by atoms with van der Waals surface area (Å²) in [6.07, 6.45) is 0. The fourth-order valence-electron chi connectivity index (χ4n) is 3.56. The van der Waals surface area contributed by atoms with Crippen molar-refractivity contribution in [3.63, 3.8) is 0 Å². The van der Waals surface area contributed by atoms with Gasteiger partial charge in [0.2, 0.25) is 0 Å². The van der Waals surface area contributed by atoms with Crippen LogP contribution in [0, 0.1) is 11.7 Å². The third-order valence-electron chi connectivity index (χ3n) is 5.06. The highest BCUT2D eigenvalue weighted by Gasteiger charge is 2.45. The molecule has 2 aromatic rings. The van der Waals surface area contributed by atoms with Crippen LogP contribution in [0.5, 0.6) is 11.5 Å². The number of rotatable bonds is 2. The number of halogens is 1. The number of aromatic hydroxyl groups is 1. The van der Waals surface area contributed by atoms with E-state index in [2.05, 4.69) is 5.10 Å². The van der Waals surface area contributed by atoms with E-state index in [1.807, 2.05) is 13.0 Å². The Hall–Kier alpha value is -3.09. The van der Waals surface area contributed by atoms with Crippen LogP contribution in [0.2, 0.25) is 0 Å². The van der Waals surface area contributed by atoms with Crippen molar-refractivity contribution in [1.82, 2.24) is 9.91 Å². The summed E-state index contributed by atoms with van der Waals surface area (Å²) < 4.78 is 19.7. The summed E-state index contributed by atoms with van der Waals surface area (Å²) in [7, 11) is 1.70. The molecule has 1 N–H and O–H groups in total. The molecule has 7 heteroatoms. The molecule has 2 amide bonds. The molecule has 140 valence electrons. The monoisotopic (exact) mass is 369 g/mol.